The van der Waals surface area contributed by atoms with Crippen molar-refractivity contribution in [2.45, 2.75) is 206 Å². The summed E-state index contributed by atoms with van der Waals surface area (Å²) in [5.41, 5.74) is 0. The van der Waals surface area contributed by atoms with Gasteiger partial charge in [-0.3, -0.25) is 4.79 Å². The molecule has 0 aromatic heterocycles. The average molecular weight is 579 g/mol. The lowest BCUT2D eigenvalue weighted by molar-refractivity contribution is -0.145. The highest BCUT2D eigenvalue weighted by molar-refractivity contribution is 5.69. The van der Waals surface area contributed by atoms with Gasteiger partial charge in [0.25, 0.3) is 0 Å². The first-order valence-corrected chi connectivity index (χ1v) is 18.7. The summed E-state index contributed by atoms with van der Waals surface area (Å²) < 4.78 is 11.0. The minimum Gasteiger partial charge on any atom is -0.463 e. The molecule has 0 rings (SSSR count). The number of ether oxygens (including phenoxy) is 2. The van der Waals surface area contributed by atoms with Crippen LogP contribution >= 0.6 is 0 Å². The molecular formula is C38H74O3. The highest BCUT2D eigenvalue weighted by Gasteiger charge is 2.03. The summed E-state index contributed by atoms with van der Waals surface area (Å²) in [5, 5.41) is 0. The number of carbonyl (C=O) groups is 1. The number of unbranched alkanes of at least 4 members (excludes halogenated alkanes) is 26. The predicted molar refractivity (Wildman–Crippen MR) is 181 cm³/mol. The summed E-state index contributed by atoms with van der Waals surface area (Å²) in [7, 11) is 0. The van der Waals surface area contributed by atoms with E-state index in [4.69, 9.17) is 9.47 Å². The molecule has 0 N–H and O–H groups in total. The Morgan fingerprint density at radius 1 is 0.415 bits per heavy atom. The van der Waals surface area contributed by atoms with Gasteiger partial charge in [0.1, 0.15) is 6.61 Å². The van der Waals surface area contributed by atoms with Gasteiger partial charge in [0, 0.05) is 13.0 Å². The van der Waals surface area contributed by atoms with Crippen LogP contribution in [0, 0.1) is 0 Å². The maximum atomic E-state index is 11.9. The second kappa shape index (κ2) is 37.2. The average Bonchev–Trinajstić information content (AvgIpc) is 2.98. The lowest BCUT2D eigenvalue weighted by Crippen LogP contribution is -2.10. The van der Waals surface area contributed by atoms with E-state index in [1.54, 1.807) is 0 Å². The van der Waals surface area contributed by atoms with Crippen molar-refractivity contribution in [3.05, 3.63) is 12.2 Å². The van der Waals surface area contributed by atoms with Crippen LogP contribution in [0.4, 0.5) is 0 Å². The minimum atomic E-state index is -0.0550. The zero-order valence-corrected chi connectivity index (χ0v) is 28.2. The maximum Gasteiger partial charge on any atom is 0.305 e. The van der Waals surface area contributed by atoms with Crippen molar-refractivity contribution in [2.24, 2.45) is 0 Å². The van der Waals surface area contributed by atoms with E-state index in [1.165, 1.54) is 167 Å². The molecule has 0 saturated carbocycles. The molecule has 0 aromatic rings. The molecule has 0 amide bonds. The lowest BCUT2D eigenvalue weighted by Gasteiger charge is -2.07. The van der Waals surface area contributed by atoms with Gasteiger partial charge in [0.15, 0.2) is 0 Å². The molecule has 0 spiro atoms. The monoisotopic (exact) mass is 579 g/mol. The fraction of sp³-hybridized carbons (Fsp3) is 0.921. The normalized spacial score (nSPS) is 11.6. The van der Waals surface area contributed by atoms with Gasteiger partial charge in [-0.2, -0.15) is 0 Å². The standard InChI is InChI=1S/C38H74O3/c1-3-5-7-9-11-13-15-17-19-21-23-25-27-29-31-33-35-40-36-37-41-38(39)34-32-30-28-26-24-22-20-18-16-14-12-10-8-6-4-2/h17,19H,3-16,18,20-37H2,1-2H3/b19-17-. The maximum absolute atomic E-state index is 11.9. The molecule has 0 radical (unpaired) electrons. The number of allylic oxidation sites excluding steroid dienone is 2. The predicted octanol–water partition coefficient (Wildman–Crippen LogP) is 12.8. The van der Waals surface area contributed by atoms with E-state index < -0.39 is 0 Å². The summed E-state index contributed by atoms with van der Waals surface area (Å²) >= 11 is 0. The van der Waals surface area contributed by atoms with Crippen LogP contribution in [0.3, 0.4) is 0 Å². The number of hydrogen-bond acceptors (Lipinski definition) is 3. The Labute approximate surface area is 258 Å². The van der Waals surface area contributed by atoms with Crippen molar-refractivity contribution in [3.8, 4) is 0 Å². The van der Waals surface area contributed by atoms with Crippen LogP contribution in [0.25, 0.3) is 0 Å². The van der Waals surface area contributed by atoms with E-state index >= 15 is 0 Å². The zero-order valence-electron chi connectivity index (χ0n) is 28.2. The van der Waals surface area contributed by atoms with Crippen molar-refractivity contribution in [2.75, 3.05) is 19.8 Å². The van der Waals surface area contributed by atoms with E-state index in [1.807, 2.05) is 0 Å². The Morgan fingerprint density at radius 2 is 0.780 bits per heavy atom. The van der Waals surface area contributed by atoms with Crippen LogP contribution in [0.15, 0.2) is 12.2 Å². The van der Waals surface area contributed by atoms with Gasteiger partial charge in [-0.15, -0.1) is 0 Å². The van der Waals surface area contributed by atoms with E-state index in [0.717, 1.165) is 25.9 Å². The Balaban J connectivity index is 3.17. The van der Waals surface area contributed by atoms with Gasteiger partial charge in [0.2, 0.25) is 0 Å². The van der Waals surface area contributed by atoms with Crippen molar-refractivity contribution in [1.82, 2.24) is 0 Å². The summed E-state index contributed by atoms with van der Waals surface area (Å²) in [6, 6.07) is 0. The Hall–Kier alpha value is -0.830. The molecule has 0 saturated heterocycles. The molecule has 0 atom stereocenters. The molecule has 0 heterocycles. The van der Waals surface area contributed by atoms with Crippen LogP contribution < -0.4 is 0 Å². The molecule has 0 unspecified atom stereocenters. The summed E-state index contributed by atoms with van der Waals surface area (Å²) in [5.74, 6) is -0.0550. The van der Waals surface area contributed by atoms with E-state index in [9.17, 15) is 4.79 Å². The smallest absolute Gasteiger partial charge is 0.305 e. The van der Waals surface area contributed by atoms with Crippen molar-refractivity contribution in [3.63, 3.8) is 0 Å². The topological polar surface area (TPSA) is 35.5 Å². The third-order valence-electron chi connectivity index (χ3n) is 8.28. The highest BCUT2D eigenvalue weighted by Crippen LogP contribution is 2.14. The largest absolute Gasteiger partial charge is 0.463 e. The number of hydrogen-bond donors (Lipinski definition) is 0. The van der Waals surface area contributed by atoms with Gasteiger partial charge in [-0.25, -0.2) is 0 Å². The summed E-state index contributed by atoms with van der Waals surface area (Å²) in [4.78, 5) is 11.9. The van der Waals surface area contributed by atoms with Crippen molar-refractivity contribution in [1.29, 1.82) is 0 Å². The lowest BCUT2D eigenvalue weighted by atomic mass is 10.0. The molecule has 0 fully saturated rings. The number of rotatable bonds is 35. The van der Waals surface area contributed by atoms with Crippen molar-refractivity contribution >= 4 is 5.97 Å². The fourth-order valence-corrected chi connectivity index (χ4v) is 5.48. The SMILES string of the molecule is CCCCCCCC/C=C\CCCCCCCCOCCOC(=O)CCCCCCCCCCCCCCCCC. The molecule has 244 valence electrons. The van der Waals surface area contributed by atoms with Gasteiger partial charge >= 0.3 is 5.97 Å². The van der Waals surface area contributed by atoms with Gasteiger partial charge < -0.3 is 9.47 Å². The minimum absolute atomic E-state index is 0.0550. The fourth-order valence-electron chi connectivity index (χ4n) is 5.48. The second-order valence-corrected chi connectivity index (χ2v) is 12.5. The van der Waals surface area contributed by atoms with E-state index in [2.05, 4.69) is 26.0 Å². The van der Waals surface area contributed by atoms with Crippen LogP contribution in [0.1, 0.15) is 206 Å². The number of esters is 1. The first-order valence-electron chi connectivity index (χ1n) is 18.7. The van der Waals surface area contributed by atoms with Crippen LogP contribution in [-0.4, -0.2) is 25.8 Å². The third kappa shape index (κ3) is 37.1. The van der Waals surface area contributed by atoms with Gasteiger partial charge in [-0.05, 0) is 38.5 Å². The van der Waals surface area contributed by atoms with E-state index in [0.29, 0.717) is 19.6 Å². The highest BCUT2D eigenvalue weighted by atomic mass is 16.6. The first-order chi connectivity index (χ1) is 20.3. The molecule has 0 aliphatic heterocycles. The van der Waals surface area contributed by atoms with Gasteiger partial charge in [-0.1, -0.05) is 174 Å². The quantitative estimate of drug-likeness (QED) is 0.0426. The molecule has 3 nitrogen and oxygen atoms in total. The zero-order chi connectivity index (χ0) is 29.7. The van der Waals surface area contributed by atoms with Crippen LogP contribution in [0.2, 0.25) is 0 Å². The second-order valence-electron chi connectivity index (χ2n) is 12.5. The van der Waals surface area contributed by atoms with Crippen LogP contribution in [-0.2, 0) is 14.3 Å². The Morgan fingerprint density at radius 3 is 1.22 bits per heavy atom. The Bertz CT molecular complexity index is 516. The molecule has 0 aromatic carbocycles. The molecule has 0 aliphatic rings. The molecule has 41 heavy (non-hydrogen) atoms. The van der Waals surface area contributed by atoms with Crippen LogP contribution in [0.5, 0.6) is 0 Å². The van der Waals surface area contributed by atoms with E-state index in [-0.39, 0.29) is 5.97 Å². The molecule has 0 aliphatic carbocycles. The first kappa shape index (κ1) is 40.2. The third-order valence-corrected chi connectivity index (χ3v) is 8.28. The molecule has 0 bridgehead atoms. The van der Waals surface area contributed by atoms with Crippen molar-refractivity contribution < 1.29 is 14.3 Å². The molecule has 3 heteroatoms. The van der Waals surface area contributed by atoms with Gasteiger partial charge in [0.05, 0.1) is 6.61 Å². The Kier molecular flexibility index (Phi) is 36.4. The number of carbonyl (C=O) groups excluding carboxylic acids is 1. The molecular weight excluding hydrogens is 504 g/mol. The summed E-state index contributed by atoms with van der Waals surface area (Å²) in [6.07, 6.45) is 44.1. The summed E-state index contributed by atoms with van der Waals surface area (Å²) in [6.45, 7) is 6.30.